The smallest absolute Gasteiger partial charge is 0.345 e. The number of hydrogen-bond acceptors (Lipinski definition) is 5. The Labute approximate surface area is 127 Å². The maximum Gasteiger partial charge on any atom is 0.345 e. The van der Waals surface area contributed by atoms with Crippen LogP contribution in [0.15, 0.2) is 24.3 Å². The van der Waals surface area contributed by atoms with Crippen LogP contribution in [0.25, 0.3) is 0 Å². The minimum Gasteiger partial charge on any atom is -0.465 e. The van der Waals surface area contributed by atoms with E-state index in [0.717, 1.165) is 5.56 Å². The molecule has 0 saturated heterocycles. The van der Waals surface area contributed by atoms with Crippen LogP contribution in [0.1, 0.15) is 22.8 Å². The van der Waals surface area contributed by atoms with E-state index in [1.54, 1.807) is 10.7 Å². The molecule has 21 heavy (non-hydrogen) atoms. The van der Waals surface area contributed by atoms with E-state index in [9.17, 15) is 4.79 Å². The fraction of sp³-hybridized carbons (Fsp3) is 0.286. The fourth-order valence-corrected chi connectivity index (χ4v) is 2.21. The maximum absolute atomic E-state index is 11.8. The number of esters is 1. The minimum atomic E-state index is -0.513. The first-order valence-corrected chi connectivity index (χ1v) is 6.87. The average molecular weight is 309 g/mol. The fourth-order valence-electron chi connectivity index (χ4n) is 2.00. The number of carbonyl (C=O) groups excluding carboxylic acids is 1. The van der Waals surface area contributed by atoms with E-state index in [1.165, 1.54) is 7.11 Å². The van der Waals surface area contributed by atoms with Gasteiger partial charge in [-0.15, -0.1) is 0 Å². The Morgan fingerprint density at radius 2 is 2.29 bits per heavy atom. The molecular weight excluding hydrogens is 292 g/mol. The molecule has 0 aliphatic heterocycles. The molecule has 7 heteroatoms. The Morgan fingerprint density at radius 3 is 2.90 bits per heavy atom. The molecule has 1 aromatic carbocycles. The van der Waals surface area contributed by atoms with Crippen LogP contribution in [0.5, 0.6) is 0 Å². The monoisotopic (exact) mass is 308 g/mol. The second-order valence-electron chi connectivity index (χ2n) is 4.42. The summed E-state index contributed by atoms with van der Waals surface area (Å²) in [4.78, 5) is 11.8. The Hall–Kier alpha value is -2.21. The SMILES string of the molecule is CCNc1nn(Cc2cccc(Cl)c2)c(N)c1C(=O)OC. The van der Waals surface area contributed by atoms with Crippen molar-refractivity contribution in [3.8, 4) is 0 Å². The summed E-state index contributed by atoms with van der Waals surface area (Å²) in [7, 11) is 1.31. The quantitative estimate of drug-likeness (QED) is 0.829. The van der Waals surface area contributed by atoms with Gasteiger partial charge < -0.3 is 15.8 Å². The number of aromatic nitrogens is 2. The van der Waals surface area contributed by atoms with Crippen LogP contribution < -0.4 is 11.1 Å². The average Bonchev–Trinajstić information content (AvgIpc) is 2.75. The van der Waals surface area contributed by atoms with E-state index in [-0.39, 0.29) is 11.4 Å². The van der Waals surface area contributed by atoms with Gasteiger partial charge in [0.1, 0.15) is 11.4 Å². The largest absolute Gasteiger partial charge is 0.465 e. The van der Waals surface area contributed by atoms with E-state index in [2.05, 4.69) is 10.4 Å². The van der Waals surface area contributed by atoms with Crippen molar-refractivity contribution >= 4 is 29.2 Å². The van der Waals surface area contributed by atoms with Gasteiger partial charge in [-0.05, 0) is 24.6 Å². The van der Waals surface area contributed by atoms with Gasteiger partial charge in [-0.25, -0.2) is 9.48 Å². The first-order valence-electron chi connectivity index (χ1n) is 6.49. The molecule has 0 fully saturated rings. The highest BCUT2D eigenvalue weighted by Crippen LogP contribution is 2.24. The predicted octanol–water partition coefficient (Wildman–Crippen LogP) is 2.39. The molecule has 0 radical (unpaired) electrons. The van der Waals surface area contributed by atoms with Crippen molar-refractivity contribution in [2.24, 2.45) is 0 Å². The van der Waals surface area contributed by atoms with Crippen molar-refractivity contribution in [1.29, 1.82) is 0 Å². The molecule has 2 aromatic rings. The third-order valence-corrected chi connectivity index (χ3v) is 3.18. The topological polar surface area (TPSA) is 82.2 Å². The van der Waals surface area contributed by atoms with Crippen molar-refractivity contribution in [1.82, 2.24) is 9.78 Å². The molecule has 0 atom stereocenters. The van der Waals surface area contributed by atoms with Crippen molar-refractivity contribution in [2.75, 3.05) is 24.7 Å². The van der Waals surface area contributed by atoms with E-state index in [0.29, 0.717) is 23.9 Å². The van der Waals surface area contributed by atoms with Crippen LogP contribution in [-0.4, -0.2) is 29.4 Å². The second-order valence-corrected chi connectivity index (χ2v) is 4.85. The number of benzene rings is 1. The number of nitrogens with two attached hydrogens (primary N) is 1. The van der Waals surface area contributed by atoms with Crippen molar-refractivity contribution in [3.63, 3.8) is 0 Å². The summed E-state index contributed by atoms with van der Waals surface area (Å²) >= 11 is 5.96. The van der Waals surface area contributed by atoms with Gasteiger partial charge in [-0.1, -0.05) is 23.7 Å². The molecule has 2 rings (SSSR count). The van der Waals surface area contributed by atoms with Crippen molar-refractivity contribution < 1.29 is 9.53 Å². The lowest BCUT2D eigenvalue weighted by atomic mass is 10.2. The van der Waals surface area contributed by atoms with E-state index in [1.807, 2.05) is 25.1 Å². The summed E-state index contributed by atoms with van der Waals surface area (Å²) in [6, 6.07) is 7.39. The normalized spacial score (nSPS) is 10.4. The molecule has 0 bridgehead atoms. The number of halogens is 1. The molecule has 0 aliphatic carbocycles. The third kappa shape index (κ3) is 3.28. The van der Waals surface area contributed by atoms with E-state index < -0.39 is 5.97 Å². The molecule has 1 heterocycles. The lowest BCUT2D eigenvalue weighted by Gasteiger charge is -2.05. The van der Waals surface area contributed by atoms with Crippen LogP contribution in [0, 0.1) is 0 Å². The summed E-state index contributed by atoms with van der Waals surface area (Å²) in [6.07, 6.45) is 0. The van der Waals surface area contributed by atoms with Crippen molar-refractivity contribution in [2.45, 2.75) is 13.5 Å². The Balaban J connectivity index is 2.38. The number of carbonyl (C=O) groups is 1. The van der Waals surface area contributed by atoms with Gasteiger partial charge in [-0.2, -0.15) is 5.10 Å². The highest BCUT2D eigenvalue weighted by molar-refractivity contribution is 6.30. The van der Waals surface area contributed by atoms with Gasteiger partial charge >= 0.3 is 5.97 Å². The molecule has 0 unspecified atom stereocenters. The molecule has 0 amide bonds. The van der Waals surface area contributed by atoms with Crippen LogP contribution in [-0.2, 0) is 11.3 Å². The number of nitrogens with zero attached hydrogens (tertiary/aromatic N) is 2. The van der Waals surface area contributed by atoms with Gasteiger partial charge in [0.15, 0.2) is 5.82 Å². The molecular formula is C14H17ClN4O2. The molecule has 3 N–H and O–H groups in total. The highest BCUT2D eigenvalue weighted by atomic mass is 35.5. The standard InChI is InChI=1S/C14H17ClN4O2/c1-3-17-13-11(14(20)21-2)12(16)19(18-13)8-9-5-4-6-10(15)7-9/h4-7H,3,8,16H2,1-2H3,(H,17,18). The molecule has 112 valence electrons. The number of anilines is 2. The molecule has 0 saturated carbocycles. The zero-order valence-electron chi connectivity index (χ0n) is 11.9. The highest BCUT2D eigenvalue weighted by Gasteiger charge is 2.22. The first-order chi connectivity index (χ1) is 10.1. The number of hydrogen-bond donors (Lipinski definition) is 2. The summed E-state index contributed by atoms with van der Waals surface area (Å²) in [5, 5.41) is 7.98. The zero-order valence-corrected chi connectivity index (χ0v) is 12.6. The van der Waals surface area contributed by atoms with Gasteiger partial charge in [0, 0.05) is 11.6 Å². The number of rotatable bonds is 5. The van der Waals surface area contributed by atoms with Crippen LogP contribution >= 0.6 is 11.6 Å². The molecule has 0 aliphatic rings. The summed E-state index contributed by atoms with van der Waals surface area (Å²) < 4.78 is 6.30. The third-order valence-electron chi connectivity index (χ3n) is 2.95. The molecule has 6 nitrogen and oxygen atoms in total. The lowest BCUT2D eigenvalue weighted by Crippen LogP contribution is -2.10. The summed E-state index contributed by atoms with van der Waals surface area (Å²) in [5.41, 5.74) is 7.22. The van der Waals surface area contributed by atoms with Gasteiger partial charge in [-0.3, -0.25) is 0 Å². The first kappa shape index (κ1) is 15.2. The van der Waals surface area contributed by atoms with Gasteiger partial charge in [0.2, 0.25) is 0 Å². The summed E-state index contributed by atoms with van der Waals surface area (Å²) in [5.74, 6) is 0.169. The number of ether oxygens (including phenoxy) is 1. The van der Waals surface area contributed by atoms with E-state index >= 15 is 0 Å². The van der Waals surface area contributed by atoms with Gasteiger partial charge in [0.25, 0.3) is 0 Å². The number of nitrogens with one attached hydrogen (secondary N) is 1. The van der Waals surface area contributed by atoms with Gasteiger partial charge in [0.05, 0.1) is 13.7 Å². The number of methoxy groups -OCH3 is 1. The lowest BCUT2D eigenvalue weighted by molar-refractivity contribution is 0.0603. The van der Waals surface area contributed by atoms with E-state index in [4.69, 9.17) is 22.1 Å². The molecule has 1 aromatic heterocycles. The van der Waals surface area contributed by atoms with Crippen LogP contribution in [0.2, 0.25) is 5.02 Å². The Morgan fingerprint density at radius 1 is 1.52 bits per heavy atom. The molecule has 0 spiro atoms. The maximum atomic E-state index is 11.8. The van der Waals surface area contributed by atoms with Crippen LogP contribution in [0.4, 0.5) is 11.6 Å². The minimum absolute atomic E-state index is 0.251. The number of nitrogen functional groups attached to an aromatic ring is 1. The Bertz CT molecular complexity index is 654. The summed E-state index contributed by atoms with van der Waals surface area (Å²) in [6.45, 7) is 2.95. The zero-order chi connectivity index (χ0) is 15.4. The second kappa shape index (κ2) is 6.49. The van der Waals surface area contributed by atoms with Crippen molar-refractivity contribution in [3.05, 3.63) is 40.4 Å². The van der Waals surface area contributed by atoms with Crippen LogP contribution in [0.3, 0.4) is 0 Å². The Kier molecular flexibility index (Phi) is 4.70. The predicted molar refractivity (Wildman–Crippen MR) is 82.7 cm³/mol.